The van der Waals surface area contributed by atoms with E-state index < -0.39 is 0 Å². The Kier molecular flexibility index (Phi) is 4.43. The SMILES string of the molecule is CC(=O)N1CCCC(C(C)C)CCC1. The van der Waals surface area contributed by atoms with Crippen molar-refractivity contribution in [1.82, 2.24) is 4.90 Å². The Morgan fingerprint density at radius 3 is 2.07 bits per heavy atom. The van der Waals surface area contributed by atoms with Crippen molar-refractivity contribution in [3.05, 3.63) is 0 Å². The Morgan fingerprint density at radius 2 is 1.71 bits per heavy atom. The molecule has 0 aromatic heterocycles. The Bertz CT molecular complexity index is 179. The summed E-state index contributed by atoms with van der Waals surface area (Å²) in [6, 6.07) is 0. The summed E-state index contributed by atoms with van der Waals surface area (Å²) in [7, 11) is 0. The van der Waals surface area contributed by atoms with Crippen molar-refractivity contribution in [1.29, 1.82) is 0 Å². The van der Waals surface area contributed by atoms with E-state index in [0.29, 0.717) is 0 Å². The lowest BCUT2D eigenvalue weighted by Gasteiger charge is -2.28. The van der Waals surface area contributed by atoms with Gasteiger partial charge in [0.05, 0.1) is 0 Å². The molecule has 1 amide bonds. The Labute approximate surface area is 87.7 Å². The van der Waals surface area contributed by atoms with E-state index in [1.807, 2.05) is 4.90 Å². The van der Waals surface area contributed by atoms with Gasteiger partial charge >= 0.3 is 0 Å². The second kappa shape index (κ2) is 5.38. The van der Waals surface area contributed by atoms with Gasteiger partial charge in [0.15, 0.2) is 0 Å². The Morgan fingerprint density at radius 1 is 1.21 bits per heavy atom. The lowest BCUT2D eigenvalue weighted by Crippen LogP contribution is -2.33. The van der Waals surface area contributed by atoms with Crippen molar-refractivity contribution in [2.45, 2.75) is 46.5 Å². The highest BCUT2D eigenvalue weighted by Crippen LogP contribution is 2.24. The predicted octanol–water partition coefficient (Wildman–Crippen LogP) is 2.68. The number of hydrogen-bond acceptors (Lipinski definition) is 1. The maximum absolute atomic E-state index is 11.2. The van der Waals surface area contributed by atoms with Gasteiger partial charge in [0.2, 0.25) is 5.91 Å². The monoisotopic (exact) mass is 197 g/mol. The standard InChI is InChI=1S/C12H23NO/c1-10(2)12-6-4-8-13(11(3)14)9-5-7-12/h10,12H,4-9H2,1-3H3. The third-order valence-electron chi connectivity index (χ3n) is 3.39. The third-order valence-corrected chi connectivity index (χ3v) is 3.39. The highest BCUT2D eigenvalue weighted by molar-refractivity contribution is 5.73. The van der Waals surface area contributed by atoms with E-state index in [4.69, 9.17) is 0 Å². The molecule has 0 aromatic rings. The van der Waals surface area contributed by atoms with Crippen LogP contribution in [-0.2, 0) is 4.79 Å². The molecular formula is C12H23NO. The molecule has 0 atom stereocenters. The third kappa shape index (κ3) is 3.32. The van der Waals surface area contributed by atoms with Gasteiger partial charge in [0.1, 0.15) is 0 Å². The van der Waals surface area contributed by atoms with Crippen molar-refractivity contribution in [2.75, 3.05) is 13.1 Å². The first-order valence-corrected chi connectivity index (χ1v) is 5.86. The van der Waals surface area contributed by atoms with Crippen LogP contribution in [0.25, 0.3) is 0 Å². The molecule has 1 aliphatic heterocycles. The lowest BCUT2D eigenvalue weighted by atomic mass is 9.86. The minimum absolute atomic E-state index is 0.244. The summed E-state index contributed by atoms with van der Waals surface area (Å²) >= 11 is 0. The molecule has 1 fully saturated rings. The van der Waals surface area contributed by atoms with Crippen molar-refractivity contribution in [3.8, 4) is 0 Å². The largest absolute Gasteiger partial charge is 0.343 e. The van der Waals surface area contributed by atoms with Gasteiger partial charge in [-0.25, -0.2) is 0 Å². The highest BCUT2D eigenvalue weighted by atomic mass is 16.2. The van der Waals surface area contributed by atoms with Crippen molar-refractivity contribution in [3.63, 3.8) is 0 Å². The van der Waals surface area contributed by atoms with Gasteiger partial charge in [0.25, 0.3) is 0 Å². The van der Waals surface area contributed by atoms with E-state index in [2.05, 4.69) is 13.8 Å². The number of nitrogens with zero attached hydrogens (tertiary/aromatic N) is 1. The molecule has 0 aliphatic carbocycles. The van der Waals surface area contributed by atoms with Crippen LogP contribution in [0.2, 0.25) is 0 Å². The lowest BCUT2D eigenvalue weighted by molar-refractivity contribution is -0.129. The van der Waals surface area contributed by atoms with Gasteiger partial charge in [-0.2, -0.15) is 0 Å². The predicted molar refractivity (Wildman–Crippen MR) is 59.1 cm³/mol. The highest BCUT2D eigenvalue weighted by Gasteiger charge is 2.18. The van der Waals surface area contributed by atoms with Crippen LogP contribution in [-0.4, -0.2) is 23.9 Å². The van der Waals surface area contributed by atoms with E-state index in [9.17, 15) is 4.79 Å². The van der Waals surface area contributed by atoms with Crippen LogP contribution >= 0.6 is 0 Å². The van der Waals surface area contributed by atoms with Gasteiger partial charge in [-0.05, 0) is 37.5 Å². The number of amides is 1. The molecule has 0 N–H and O–H groups in total. The molecule has 2 heteroatoms. The molecular weight excluding hydrogens is 174 g/mol. The molecule has 1 heterocycles. The first-order chi connectivity index (χ1) is 6.61. The average molecular weight is 197 g/mol. The first kappa shape index (κ1) is 11.5. The summed E-state index contributed by atoms with van der Waals surface area (Å²) in [5.41, 5.74) is 0. The molecule has 2 nitrogen and oxygen atoms in total. The molecule has 0 spiro atoms. The summed E-state index contributed by atoms with van der Waals surface area (Å²) < 4.78 is 0. The fourth-order valence-corrected chi connectivity index (χ4v) is 2.33. The van der Waals surface area contributed by atoms with Gasteiger partial charge in [-0.1, -0.05) is 13.8 Å². The molecule has 1 saturated heterocycles. The molecule has 1 aliphatic rings. The summed E-state index contributed by atoms with van der Waals surface area (Å²) in [5.74, 6) is 1.93. The zero-order valence-corrected chi connectivity index (χ0v) is 9.75. The fraction of sp³-hybridized carbons (Fsp3) is 0.917. The summed E-state index contributed by atoms with van der Waals surface area (Å²) in [4.78, 5) is 13.2. The van der Waals surface area contributed by atoms with E-state index in [0.717, 1.165) is 24.9 Å². The molecule has 14 heavy (non-hydrogen) atoms. The first-order valence-electron chi connectivity index (χ1n) is 5.86. The normalized spacial score (nSPS) is 20.7. The van der Waals surface area contributed by atoms with Gasteiger partial charge in [0, 0.05) is 20.0 Å². The zero-order chi connectivity index (χ0) is 10.6. The number of likely N-dealkylation sites (tertiary alicyclic amines) is 1. The van der Waals surface area contributed by atoms with Gasteiger partial charge in [-0.15, -0.1) is 0 Å². The Hall–Kier alpha value is -0.530. The van der Waals surface area contributed by atoms with Crippen molar-refractivity contribution in [2.24, 2.45) is 11.8 Å². The van der Waals surface area contributed by atoms with E-state index in [-0.39, 0.29) is 5.91 Å². The quantitative estimate of drug-likeness (QED) is 0.633. The topological polar surface area (TPSA) is 20.3 Å². The van der Waals surface area contributed by atoms with Crippen LogP contribution in [0.15, 0.2) is 0 Å². The molecule has 0 radical (unpaired) electrons. The number of rotatable bonds is 1. The minimum Gasteiger partial charge on any atom is -0.343 e. The van der Waals surface area contributed by atoms with Gasteiger partial charge < -0.3 is 4.90 Å². The number of hydrogen-bond donors (Lipinski definition) is 0. The summed E-state index contributed by atoms with van der Waals surface area (Å²) in [6.07, 6.45) is 4.95. The maximum Gasteiger partial charge on any atom is 0.219 e. The summed E-state index contributed by atoms with van der Waals surface area (Å²) in [6.45, 7) is 8.25. The maximum atomic E-state index is 11.2. The van der Waals surface area contributed by atoms with Crippen molar-refractivity contribution >= 4 is 5.91 Å². The molecule has 1 rings (SSSR count). The molecule has 0 aromatic carbocycles. The fourth-order valence-electron chi connectivity index (χ4n) is 2.33. The molecule has 0 bridgehead atoms. The van der Waals surface area contributed by atoms with E-state index in [1.54, 1.807) is 6.92 Å². The second-order valence-electron chi connectivity index (χ2n) is 4.79. The zero-order valence-electron chi connectivity index (χ0n) is 9.75. The van der Waals surface area contributed by atoms with Gasteiger partial charge in [-0.3, -0.25) is 4.79 Å². The Balaban J connectivity index is 2.39. The van der Waals surface area contributed by atoms with Crippen molar-refractivity contribution < 1.29 is 4.79 Å². The van der Waals surface area contributed by atoms with Crippen LogP contribution in [0.3, 0.4) is 0 Å². The van der Waals surface area contributed by atoms with Crippen LogP contribution in [0.4, 0.5) is 0 Å². The van der Waals surface area contributed by atoms with Crippen LogP contribution in [0.5, 0.6) is 0 Å². The molecule has 0 saturated carbocycles. The number of carbonyl (C=O) groups is 1. The number of carbonyl (C=O) groups excluding carboxylic acids is 1. The smallest absolute Gasteiger partial charge is 0.219 e. The second-order valence-corrected chi connectivity index (χ2v) is 4.79. The minimum atomic E-state index is 0.244. The summed E-state index contributed by atoms with van der Waals surface area (Å²) in [5, 5.41) is 0. The van der Waals surface area contributed by atoms with E-state index in [1.165, 1.54) is 25.7 Å². The van der Waals surface area contributed by atoms with Crippen LogP contribution < -0.4 is 0 Å². The molecule has 82 valence electrons. The van der Waals surface area contributed by atoms with Crippen LogP contribution in [0.1, 0.15) is 46.5 Å². The van der Waals surface area contributed by atoms with E-state index >= 15 is 0 Å². The average Bonchev–Trinajstić information content (AvgIpc) is 2.01. The molecule has 0 unspecified atom stereocenters. The van der Waals surface area contributed by atoms with Crippen LogP contribution in [0, 0.1) is 11.8 Å².